The number of rotatable bonds is 6. The first kappa shape index (κ1) is 16.2. The predicted molar refractivity (Wildman–Crippen MR) is 86.8 cm³/mol. The number of amides is 1. The molecule has 0 aliphatic heterocycles. The lowest BCUT2D eigenvalue weighted by Gasteiger charge is -2.15. The second-order valence-electron chi connectivity index (χ2n) is 5.39. The summed E-state index contributed by atoms with van der Waals surface area (Å²) < 4.78 is 5.15. The zero-order chi connectivity index (χ0) is 16.1. The van der Waals surface area contributed by atoms with E-state index in [-0.39, 0.29) is 11.8 Å². The molecule has 5 heteroatoms. The van der Waals surface area contributed by atoms with Gasteiger partial charge in [0.15, 0.2) is 0 Å². The van der Waals surface area contributed by atoms with Crippen molar-refractivity contribution in [1.29, 1.82) is 0 Å². The molecule has 118 valence electrons. The molecule has 0 aliphatic rings. The van der Waals surface area contributed by atoms with Crippen LogP contribution in [-0.4, -0.2) is 17.6 Å². The number of carbonyl (C=O) groups is 1. The van der Waals surface area contributed by atoms with E-state index in [1.807, 2.05) is 45.0 Å². The van der Waals surface area contributed by atoms with E-state index in [4.69, 9.17) is 4.52 Å². The second-order valence-corrected chi connectivity index (χ2v) is 5.39. The van der Waals surface area contributed by atoms with Crippen LogP contribution in [0.1, 0.15) is 42.3 Å². The lowest BCUT2D eigenvalue weighted by Crippen LogP contribution is -2.21. The van der Waals surface area contributed by atoms with E-state index in [0.717, 1.165) is 35.6 Å². The largest absolute Gasteiger partial charge is 0.361 e. The van der Waals surface area contributed by atoms with Crippen LogP contribution in [0.2, 0.25) is 0 Å². The highest BCUT2D eigenvalue weighted by molar-refractivity contribution is 5.96. The fourth-order valence-corrected chi connectivity index (χ4v) is 2.54. The van der Waals surface area contributed by atoms with Gasteiger partial charge in [0, 0.05) is 17.8 Å². The van der Waals surface area contributed by atoms with Crippen molar-refractivity contribution >= 4 is 11.6 Å². The minimum Gasteiger partial charge on any atom is -0.361 e. The second kappa shape index (κ2) is 7.22. The zero-order valence-electron chi connectivity index (χ0n) is 13.6. The van der Waals surface area contributed by atoms with Crippen molar-refractivity contribution in [3.8, 4) is 0 Å². The fraction of sp³-hybridized carbons (Fsp3) is 0.412. The molecule has 2 rings (SSSR count). The standard InChI is InChI=1S/C17H23N3O2/c1-5-18-10-14-8-6-7-9-15(14)19-17(21)11(2)16-12(3)20-22-13(16)4/h6-9,11,18H,5,10H2,1-4H3,(H,19,21). The molecule has 0 aliphatic carbocycles. The van der Waals surface area contributed by atoms with Crippen LogP contribution >= 0.6 is 0 Å². The van der Waals surface area contributed by atoms with E-state index in [1.54, 1.807) is 0 Å². The third-order valence-electron chi connectivity index (χ3n) is 3.76. The van der Waals surface area contributed by atoms with Crippen LogP contribution in [0.5, 0.6) is 0 Å². The normalized spacial score (nSPS) is 12.2. The molecule has 0 bridgehead atoms. The third kappa shape index (κ3) is 3.54. The molecule has 0 radical (unpaired) electrons. The number of carbonyl (C=O) groups excluding carboxylic acids is 1. The first-order valence-electron chi connectivity index (χ1n) is 7.56. The van der Waals surface area contributed by atoms with Gasteiger partial charge >= 0.3 is 0 Å². The molecule has 1 aromatic heterocycles. The van der Waals surface area contributed by atoms with Gasteiger partial charge in [-0.2, -0.15) is 0 Å². The highest BCUT2D eigenvalue weighted by atomic mass is 16.5. The average molecular weight is 301 g/mol. The van der Waals surface area contributed by atoms with Crippen molar-refractivity contribution in [3.05, 3.63) is 46.8 Å². The summed E-state index contributed by atoms with van der Waals surface area (Å²) in [6, 6.07) is 7.83. The first-order valence-corrected chi connectivity index (χ1v) is 7.56. The van der Waals surface area contributed by atoms with Gasteiger partial charge in [-0.05, 0) is 38.9 Å². The Bertz CT molecular complexity index is 630. The Hall–Kier alpha value is -2.14. The Balaban J connectivity index is 2.15. The first-order chi connectivity index (χ1) is 10.5. The van der Waals surface area contributed by atoms with Crippen molar-refractivity contribution in [3.63, 3.8) is 0 Å². The molecule has 0 spiro atoms. The molecule has 1 amide bonds. The molecule has 0 saturated heterocycles. The Kier molecular flexibility index (Phi) is 5.33. The molecule has 1 unspecified atom stereocenters. The summed E-state index contributed by atoms with van der Waals surface area (Å²) in [7, 11) is 0. The monoisotopic (exact) mass is 301 g/mol. The number of anilines is 1. The number of para-hydroxylation sites is 1. The van der Waals surface area contributed by atoms with Gasteiger partial charge in [0.25, 0.3) is 0 Å². The Labute approximate surface area is 131 Å². The molecular formula is C17H23N3O2. The average Bonchev–Trinajstić information content (AvgIpc) is 2.84. The number of aryl methyl sites for hydroxylation is 2. The molecule has 2 aromatic rings. The molecule has 1 aromatic carbocycles. The molecule has 0 saturated carbocycles. The van der Waals surface area contributed by atoms with Gasteiger partial charge in [-0.1, -0.05) is 30.3 Å². The number of hydrogen-bond acceptors (Lipinski definition) is 4. The van der Waals surface area contributed by atoms with E-state index in [2.05, 4.69) is 22.7 Å². The quantitative estimate of drug-likeness (QED) is 0.860. The summed E-state index contributed by atoms with van der Waals surface area (Å²) in [5, 5.41) is 10.2. The van der Waals surface area contributed by atoms with Crippen LogP contribution in [0.3, 0.4) is 0 Å². The number of nitrogens with zero attached hydrogens (tertiary/aromatic N) is 1. The van der Waals surface area contributed by atoms with Gasteiger partial charge in [-0.3, -0.25) is 4.79 Å². The Morgan fingerprint density at radius 2 is 2.05 bits per heavy atom. The van der Waals surface area contributed by atoms with Crippen LogP contribution in [0.25, 0.3) is 0 Å². The summed E-state index contributed by atoms with van der Waals surface area (Å²) in [5.74, 6) is 0.331. The number of aromatic nitrogens is 1. The van der Waals surface area contributed by atoms with Crippen LogP contribution in [0, 0.1) is 13.8 Å². The lowest BCUT2D eigenvalue weighted by atomic mass is 9.98. The van der Waals surface area contributed by atoms with Crippen LogP contribution in [0.15, 0.2) is 28.8 Å². The van der Waals surface area contributed by atoms with Gasteiger partial charge < -0.3 is 15.2 Å². The lowest BCUT2D eigenvalue weighted by molar-refractivity contribution is -0.117. The van der Waals surface area contributed by atoms with Crippen molar-refractivity contribution in [1.82, 2.24) is 10.5 Å². The van der Waals surface area contributed by atoms with E-state index in [0.29, 0.717) is 5.76 Å². The minimum absolute atomic E-state index is 0.0571. The molecule has 5 nitrogen and oxygen atoms in total. The van der Waals surface area contributed by atoms with Gasteiger partial charge in [-0.25, -0.2) is 0 Å². The number of hydrogen-bond donors (Lipinski definition) is 2. The number of benzene rings is 1. The van der Waals surface area contributed by atoms with E-state index >= 15 is 0 Å². The summed E-state index contributed by atoms with van der Waals surface area (Å²) in [6.07, 6.45) is 0. The van der Waals surface area contributed by atoms with Gasteiger partial charge in [0.2, 0.25) is 5.91 Å². The summed E-state index contributed by atoms with van der Waals surface area (Å²) in [6.45, 7) is 9.23. The predicted octanol–water partition coefficient (Wildman–Crippen LogP) is 3.14. The third-order valence-corrected chi connectivity index (χ3v) is 3.76. The molecule has 1 atom stereocenters. The summed E-state index contributed by atoms with van der Waals surface area (Å²) >= 11 is 0. The summed E-state index contributed by atoms with van der Waals surface area (Å²) in [4.78, 5) is 12.5. The molecular weight excluding hydrogens is 278 g/mol. The molecule has 1 heterocycles. The molecule has 2 N–H and O–H groups in total. The van der Waals surface area contributed by atoms with Crippen molar-refractivity contribution in [2.24, 2.45) is 0 Å². The van der Waals surface area contributed by atoms with Crippen LogP contribution < -0.4 is 10.6 Å². The van der Waals surface area contributed by atoms with Crippen molar-refractivity contribution < 1.29 is 9.32 Å². The van der Waals surface area contributed by atoms with Crippen LogP contribution in [-0.2, 0) is 11.3 Å². The van der Waals surface area contributed by atoms with Gasteiger partial charge in [0.1, 0.15) is 5.76 Å². The van der Waals surface area contributed by atoms with E-state index in [1.165, 1.54) is 0 Å². The molecule has 0 fully saturated rings. The van der Waals surface area contributed by atoms with Gasteiger partial charge in [-0.15, -0.1) is 0 Å². The topological polar surface area (TPSA) is 67.2 Å². The zero-order valence-corrected chi connectivity index (χ0v) is 13.6. The van der Waals surface area contributed by atoms with Crippen molar-refractivity contribution in [2.45, 2.75) is 40.2 Å². The Morgan fingerprint density at radius 3 is 2.68 bits per heavy atom. The SMILES string of the molecule is CCNCc1ccccc1NC(=O)C(C)c1c(C)noc1C. The van der Waals surface area contributed by atoms with E-state index in [9.17, 15) is 4.79 Å². The smallest absolute Gasteiger partial charge is 0.231 e. The molecule has 22 heavy (non-hydrogen) atoms. The fourth-order valence-electron chi connectivity index (χ4n) is 2.54. The van der Waals surface area contributed by atoms with Gasteiger partial charge in [0.05, 0.1) is 11.6 Å². The Morgan fingerprint density at radius 1 is 1.32 bits per heavy atom. The highest BCUT2D eigenvalue weighted by Crippen LogP contribution is 2.25. The highest BCUT2D eigenvalue weighted by Gasteiger charge is 2.23. The minimum atomic E-state index is -0.307. The maximum atomic E-state index is 12.5. The maximum Gasteiger partial charge on any atom is 0.231 e. The van der Waals surface area contributed by atoms with Crippen molar-refractivity contribution in [2.75, 3.05) is 11.9 Å². The number of nitrogens with one attached hydrogen (secondary N) is 2. The maximum absolute atomic E-state index is 12.5. The van der Waals surface area contributed by atoms with E-state index < -0.39 is 0 Å². The van der Waals surface area contributed by atoms with Crippen LogP contribution in [0.4, 0.5) is 5.69 Å². The summed E-state index contributed by atoms with van der Waals surface area (Å²) in [5.41, 5.74) is 3.54.